The van der Waals surface area contributed by atoms with Gasteiger partial charge in [-0.1, -0.05) is 0 Å². The fourth-order valence-corrected chi connectivity index (χ4v) is 2.61. The van der Waals surface area contributed by atoms with Crippen molar-refractivity contribution >= 4 is 5.91 Å². The molecule has 1 aromatic rings. The second-order valence-electron chi connectivity index (χ2n) is 4.61. The van der Waals surface area contributed by atoms with Crippen LogP contribution in [0.15, 0.2) is 0 Å². The highest BCUT2D eigenvalue weighted by molar-refractivity contribution is 5.83. The minimum absolute atomic E-state index is 0.0809. The highest BCUT2D eigenvalue weighted by atomic mass is 16.5. The zero-order valence-corrected chi connectivity index (χ0v) is 12.0. The van der Waals surface area contributed by atoms with Crippen molar-refractivity contribution in [3.05, 3.63) is 16.7 Å². The van der Waals surface area contributed by atoms with Crippen LogP contribution in [-0.2, 0) is 17.8 Å². The molecule has 5 nitrogen and oxygen atoms in total. The van der Waals surface area contributed by atoms with E-state index in [1.165, 1.54) is 0 Å². The minimum atomic E-state index is 0.0809. The lowest BCUT2D eigenvalue weighted by atomic mass is 9.94. The summed E-state index contributed by atoms with van der Waals surface area (Å²) in [6.07, 6.45) is 0.330. The molecule has 0 atom stereocenters. The third-order valence-corrected chi connectivity index (χ3v) is 3.56. The molecule has 0 unspecified atom stereocenters. The number of amides is 1. The lowest BCUT2D eigenvalue weighted by Gasteiger charge is -2.29. The Labute approximate surface area is 113 Å². The Bertz CT molecular complexity index is 525. The van der Waals surface area contributed by atoms with Crippen molar-refractivity contribution in [2.24, 2.45) is 0 Å². The summed E-state index contributed by atoms with van der Waals surface area (Å²) in [4.78, 5) is 13.6. The van der Waals surface area contributed by atoms with Crippen LogP contribution in [0.2, 0.25) is 0 Å². The molecule has 1 aliphatic heterocycles. The molecule has 104 valence electrons. The Hall–Kier alpha value is -1.91. The predicted molar refractivity (Wildman–Crippen MR) is 71.0 cm³/mol. The van der Waals surface area contributed by atoms with Crippen molar-refractivity contribution in [1.29, 1.82) is 0 Å². The van der Waals surface area contributed by atoms with Crippen molar-refractivity contribution in [2.45, 2.75) is 19.9 Å². The van der Waals surface area contributed by atoms with Gasteiger partial charge in [-0.3, -0.25) is 4.79 Å². The maximum absolute atomic E-state index is 11.9. The third-order valence-electron chi connectivity index (χ3n) is 3.56. The molecule has 2 rings (SSSR count). The molecular weight excluding hydrogens is 246 g/mol. The molecule has 0 N–H and O–H groups in total. The summed E-state index contributed by atoms with van der Waals surface area (Å²) in [6.45, 7) is 2.41. The first-order valence-corrected chi connectivity index (χ1v) is 6.09. The van der Waals surface area contributed by atoms with Gasteiger partial charge in [0, 0.05) is 30.3 Å². The summed E-state index contributed by atoms with van der Waals surface area (Å²) >= 11 is 0. The number of hydrogen-bond donors (Lipinski definition) is 0. The molecule has 1 aromatic carbocycles. The third kappa shape index (κ3) is 1.99. The average molecular weight is 265 g/mol. The van der Waals surface area contributed by atoms with Gasteiger partial charge in [0.2, 0.25) is 5.91 Å². The summed E-state index contributed by atoms with van der Waals surface area (Å²) in [7, 11) is 6.61. The van der Waals surface area contributed by atoms with Gasteiger partial charge in [0.05, 0.1) is 27.8 Å². The molecule has 0 saturated carbocycles. The van der Waals surface area contributed by atoms with Gasteiger partial charge in [-0.2, -0.15) is 0 Å². The Balaban J connectivity index is 2.74. The van der Waals surface area contributed by atoms with Gasteiger partial charge >= 0.3 is 0 Å². The van der Waals surface area contributed by atoms with Gasteiger partial charge in [-0.25, -0.2) is 0 Å². The number of fused-ring (bicyclic) bond motifs is 1. The van der Waals surface area contributed by atoms with Crippen LogP contribution in [0.1, 0.15) is 16.7 Å². The summed E-state index contributed by atoms with van der Waals surface area (Å²) < 4.78 is 16.4. The topological polar surface area (TPSA) is 48.0 Å². The van der Waals surface area contributed by atoms with Gasteiger partial charge in [0.1, 0.15) is 5.75 Å². The summed E-state index contributed by atoms with van der Waals surface area (Å²) in [5, 5.41) is 0. The van der Waals surface area contributed by atoms with E-state index in [2.05, 4.69) is 0 Å². The van der Waals surface area contributed by atoms with Crippen LogP contribution in [-0.4, -0.2) is 39.2 Å². The van der Waals surface area contributed by atoms with E-state index in [0.29, 0.717) is 30.2 Å². The molecule has 0 radical (unpaired) electrons. The first-order chi connectivity index (χ1) is 9.04. The van der Waals surface area contributed by atoms with Crippen LogP contribution in [0.25, 0.3) is 0 Å². The molecule has 1 amide bonds. The second-order valence-corrected chi connectivity index (χ2v) is 4.61. The molecule has 0 fully saturated rings. The number of carbonyl (C=O) groups is 1. The standard InChI is InChI=1S/C14H19NO4/c1-8-12(17-3)9-6-11(16)15(2)7-10(9)14(19-5)13(8)18-4/h6-7H2,1-5H3. The van der Waals surface area contributed by atoms with Gasteiger partial charge < -0.3 is 19.1 Å². The van der Waals surface area contributed by atoms with Gasteiger partial charge in [-0.15, -0.1) is 0 Å². The molecule has 1 heterocycles. The summed E-state index contributed by atoms with van der Waals surface area (Å²) in [5.74, 6) is 2.16. The van der Waals surface area contributed by atoms with E-state index < -0.39 is 0 Å². The van der Waals surface area contributed by atoms with E-state index in [-0.39, 0.29) is 5.91 Å². The SMILES string of the molecule is COc1c(C)c(OC)c(OC)c2c1CC(=O)N(C)C2. The number of benzene rings is 1. The smallest absolute Gasteiger partial charge is 0.227 e. The van der Waals surface area contributed by atoms with Gasteiger partial charge in [0.15, 0.2) is 11.5 Å². The molecule has 5 heteroatoms. The lowest BCUT2D eigenvalue weighted by Crippen LogP contribution is -2.33. The van der Waals surface area contributed by atoms with Crippen LogP contribution in [0, 0.1) is 6.92 Å². The monoisotopic (exact) mass is 265 g/mol. The molecule has 0 aliphatic carbocycles. The van der Waals surface area contributed by atoms with E-state index in [1.807, 2.05) is 6.92 Å². The number of hydrogen-bond acceptors (Lipinski definition) is 4. The first-order valence-electron chi connectivity index (χ1n) is 6.09. The van der Waals surface area contributed by atoms with Gasteiger partial charge in [0.25, 0.3) is 0 Å². The Kier molecular flexibility index (Phi) is 3.55. The van der Waals surface area contributed by atoms with E-state index >= 15 is 0 Å². The summed E-state index contributed by atoms with van der Waals surface area (Å²) in [5.41, 5.74) is 2.72. The van der Waals surface area contributed by atoms with Gasteiger partial charge in [-0.05, 0) is 6.92 Å². The van der Waals surface area contributed by atoms with Crippen molar-refractivity contribution in [2.75, 3.05) is 28.4 Å². The van der Waals surface area contributed by atoms with Crippen LogP contribution in [0.4, 0.5) is 0 Å². The van der Waals surface area contributed by atoms with E-state index in [0.717, 1.165) is 16.7 Å². The molecule has 19 heavy (non-hydrogen) atoms. The Morgan fingerprint density at radius 1 is 0.947 bits per heavy atom. The summed E-state index contributed by atoms with van der Waals surface area (Å²) in [6, 6.07) is 0. The molecule has 1 aliphatic rings. The molecule has 0 aromatic heterocycles. The normalized spacial score (nSPS) is 14.2. The number of carbonyl (C=O) groups excluding carboxylic acids is 1. The Morgan fingerprint density at radius 2 is 1.53 bits per heavy atom. The quantitative estimate of drug-likeness (QED) is 0.831. The fraction of sp³-hybridized carbons (Fsp3) is 0.500. The maximum Gasteiger partial charge on any atom is 0.227 e. The lowest BCUT2D eigenvalue weighted by molar-refractivity contribution is -0.130. The minimum Gasteiger partial charge on any atom is -0.496 e. The number of likely N-dealkylation sites (N-methyl/N-ethyl adjacent to an activating group) is 1. The van der Waals surface area contributed by atoms with E-state index in [4.69, 9.17) is 14.2 Å². The number of rotatable bonds is 3. The molecule has 0 bridgehead atoms. The number of nitrogens with zero attached hydrogens (tertiary/aromatic N) is 1. The Morgan fingerprint density at radius 3 is 2.05 bits per heavy atom. The van der Waals surface area contributed by atoms with Crippen LogP contribution >= 0.6 is 0 Å². The molecular formula is C14H19NO4. The highest BCUT2D eigenvalue weighted by Gasteiger charge is 2.30. The molecule has 0 saturated heterocycles. The largest absolute Gasteiger partial charge is 0.496 e. The van der Waals surface area contributed by atoms with Crippen molar-refractivity contribution in [3.8, 4) is 17.2 Å². The molecule has 0 spiro atoms. The zero-order chi connectivity index (χ0) is 14.2. The van der Waals surface area contributed by atoms with E-state index in [1.54, 1.807) is 33.3 Å². The number of ether oxygens (including phenoxy) is 3. The van der Waals surface area contributed by atoms with E-state index in [9.17, 15) is 4.79 Å². The predicted octanol–water partition coefficient (Wildman–Crippen LogP) is 1.54. The van der Waals surface area contributed by atoms with Crippen molar-refractivity contribution < 1.29 is 19.0 Å². The first kappa shape index (κ1) is 13.5. The average Bonchev–Trinajstić information content (AvgIpc) is 2.39. The van der Waals surface area contributed by atoms with Crippen LogP contribution in [0.5, 0.6) is 17.2 Å². The fourth-order valence-electron chi connectivity index (χ4n) is 2.61. The zero-order valence-electron chi connectivity index (χ0n) is 12.0. The second kappa shape index (κ2) is 4.99. The van der Waals surface area contributed by atoms with Crippen LogP contribution in [0.3, 0.4) is 0 Å². The van der Waals surface area contributed by atoms with Crippen LogP contribution < -0.4 is 14.2 Å². The van der Waals surface area contributed by atoms with Crippen molar-refractivity contribution in [1.82, 2.24) is 4.90 Å². The highest BCUT2D eigenvalue weighted by Crippen LogP contribution is 2.45. The maximum atomic E-state index is 11.9. The van der Waals surface area contributed by atoms with Crippen molar-refractivity contribution in [3.63, 3.8) is 0 Å². The number of methoxy groups -OCH3 is 3.